The van der Waals surface area contributed by atoms with Gasteiger partial charge in [0.05, 0.1) is 17.5 Å². The molecule has 1 amide bonds. The highest BCUT2D eigenvalue weighted by Crippen LogP contribution is 2.23. The van der Waals surface area contributed by atoms with Crippen LogP contribution in [0.5, 0.6) is 0 Å². The summed E-state index contributed by atoms with van der Waals surface area (Å²) >= 11 is 0. The normalized spacial score (nSPS) is 11.6. The average Bonchev–Trinajstić information content (AvgIpc) is 2.94. The lowest BCUT2D eigenvalue weighted by Gasteiger charge is -2.10. The summed E-state index contributed by atoms with van der Waals surface area (Å²) in [6.07, 6.45) is 1.39. The van der Waals surface area contributed by atoms with Crippen molar-refractivity contribution >= 4 is 18.3 Å². The zero-order chi connectivity index (χ0) is 14.5. The minimum atomic E-state index is -0.402. The van der Waals surface area contributed by atoms with Gasteiger partial charge in [-0.15, -0.1) is 12.4 Å². The molecule has 7 heteroatoms. The van der Waals surface area contributed by atoms with E-state index in [0.29, 0.717) is 29.9 Å². The van der Waals surface area contributed by atoms with Crippen molar-refractivity contribution in [3.05, 3.63) is 41.8 Å². The van der Waals surface area contributed by atoms with E-state index in [1.807, 2.05) is 6.92 Å². The molecular weight excluding hydrogens is 295 g/mol. The molecule has 1 aromatic carbocycles. The van der Waals surface area contributed by atoms with E-state index in [9.17, 15) is 9.18 Å². The monoisotopic (exact) mass is 312 g/mol. The van der Waals surface area contributed by atoms with Gasteiger partial charge in [0.25, 0.3) is 5.91 Å². The Labute approximate surface area is 128 Å². The molecular formula is C14H18ClFN4O. The predicted molar refractivity (Wildman–Crippen MR) is 81.8 cm³/mol. The average molecular weight is 313 g/mol. The van der Waals surface area contributed by atoms with E-state index < -0.39 is 5.82 Å². The van der Waals surface area contributed by atoms with Gasteiger partial charge < -0.3 is 11.1 Å². The fourth-order valence-electron chi connectivity index (χ4n) is 1.77. The van der Waals surface area contributed by atoms with Crippen LogP contribution in [0, 0.1) is 11.7 Å². The standard InChI is InChI=1S/C14H17FN4O.ClH/c1-9(6-16)7-17-14(20)11-8-18-19-13(11)10-4-2-3-5-12(10)15;/h2-5,8-9H,6-7,16H2,1H3,(H,17,20)(H,18,19);1H. The first kappa shape index (κ1) is 17.1. The SMILES string of the molecule is CC(CN)CNC(=O)c1cn[nH]c1-c1ccccc1F.Cl. The fraction of sp³-hybridized carbons (Fsp3) is 0.286. The van der Waals surface area contributed by atoms with Gasteiger partial charge in [-0.2, -0.15) is 5.10 Å². The van der Waals surface area contributed by atoms with E-state index in [1.54, 1.807) is 18.2 Å². The van der Waals surface area contributed by atoms with Gasteiger partial charge in [0.15, 0.2) is 0 Å². The topological polar surface area (TPSA) is 83.8 Å². The Kier molecular flexibility index (Phi) is 6.33. The minimum Gasteiger partial charge on any atom is -0.352 e. The molecule has 1 atom stereocenters. The number of rotatable bonds is 5. The number of carbonyl (C=O) groups excluding carboxylic acids is 1. The molecule has 0 fully saturated rings. The Hall–Kier alpha value is -1.92. The summed E-state index contributed by atoms with van der Waals surface area (Å²) < 4.78 is 13.8. The van der Waals surface area contributed by atoms with Crippen molar-refractivity contribution in [3.63, 3.8) is 0 Å². The number of nitrogens with two attached hydrogens (primary N) is 1. The van der Waals surface area contributed by atoms with Gasteiger partial charge in [0, 0.05) is 12.1 Å². The summed E-state index contributed by atoms with van der Waals surface area (Å²) in [5.41, 5.74) is 6.51. The molecule has 0 saturated carbocycles. The number of hydrogen-bond acceptors (Lipinski definition) is 3. The van der Waals surface area contributed by atoms with E-state index in [1.165, 1.54) is 12.3 Å². The highest BCUT2D eigenvalue weighted by atomic mass is 35.5. The maximum absolute atomic E-state index is 13.8. The van der Waals surface area contributed by atoms with Crippen LogP contribution < -0.4 is 11.1 Å². The fourth-order valence-corrected chi connectivity index (χ4v) is 1.77. The van der Waals surface area contributed by atoms with Gasteiger partial charge in [-0.3, -0.25) is 9.89 Å². The largest absolute Gasteiger partial charge is 0.352 e. The number of hydrogen-bond donors (Lipinski definition) is 3. The van der Waals surface area contributed by atoms with Crippen molar-refractivity contribution in [2.24, 2.45) is 11.7 Å². The quantitative estimate of drug-likeness (QED) is 0.789. The molecule has 21 heavy (non-hydrogen) atoms. The van der Waals surface area contributed by atoms with E-state index >= 15 is 0 Å². The molecule has 114 valence electrons. The van der Waals surface area contributed by atoms with E-state index in [0.717, 1.165) is 0 Å². The molecule has 2 rings (SSSR count). The molecule has 1 unspecified atom stereocenters. The lowest BCUT2D eigenvalue weighted by Crippen LogP contribution is -2.31. The molecule has 5 nitrogen and oxygen atoms in total. The number of aromatic nitrogens is 2. The first-order valence-electron chi connectivity index (χ1n) is 6.40. The minimum absolute atomic E-state index is 0. The number of halogens is 2. The molecule has 0 radical (unpaired) electrons. The van der Waals surface area contributed by atoms with Crippen LogP contribution in [0.25, 0.3) is 11.3 Å². The zero-order valence-corrected chi connectivity index (χ0v) is 12.4. The number of nitrogens with zero attached hydrogens (tertiary/aromatic N) is 1. The van der Waals surface area contributed by atoms with Crippen LogP contribution in [0.2, 0.25) is 0 Å². The van der Waals surface area contributed by atoms with Crippen molar-refractivity contribution in [1.29, 1.82) is 0 Å². The van der Waals surface area contributed by atoms with Crippen molar-refractivity contribution < 1.29 is 9.18 Å². The predicted octanol–water partition coefficient (Wildman–Crippen LogP) is 1.96. The van der Waals surface area contributed by atoms with Crippen molar-refractivity contribution in [2.45, 2.75) is 6.92 Å². The third-order valence-corrected chi connectivity index (χ3v) is 3.04. The maximum Gasteiger partial charge on any atom is 0.255 e. The highest BCUT2D eigenvalue weighted by molar-refractivity contribution is 5.99. The third-order valence-electron chi connectivity index (χ3n) is 3.04. The number of amides is 1. The molecule has 4 N–H and O–H groups in total. The number of benzene rings is 1. The van der Waals surface area contributed by atoms with Gasteiger partial charge in [-0.05, 0) is 24.6 Å². The summed E-state index contributed by atoms with van der Waals surface area (Å²) in [5.74, 6) is -0.513. The molecule has 0 aliphatic carbocycles. The molecule has 0 aliphatic rings. The molecule has 0 saturated heterocycles. The summed E-state index contributed by atoms with van der Waals surface area (Å²) in [6, 6.07) is 6.24. The summed E-state index contributed by atoms with van der Waals surface area (Å²) in [6.45, 7) is 2.90. The summed E-state index contributed by atoms with van der Waals surface area (Å²) in [5, 5.41) is 9.26. The van der Waals surface area contributed by atoms with Crippen LogP contribution >= 0.6 is 12.4 Å². The van der Waals surface area contributed by atoms with E-state index in [4.69, 9.17) is 5.73 Å². The summed E-state index contributed by atoms with van der Waals surface area (Å²) in [4.78, 5) is 12.1. The van der Waals surface area contributed by atoms with Gasteiger partial charge >= 0.3 is 0 Å². The van der Waals surface area contributed by atoms with Gasteiger partial charge in [0.1, 0.15) is 5.82 Å². The molecule has 2 aromatic rings. The number of aromatic amines is 1. The van der Waals surface area contributed by atoms with E-state index in [-0.39, 0.29) is 24.2 Å². The lowest BCUT2D eigenvalue weighted by atomic mass is 10.1. The first-order valence-corrected chi connectivity index (χ1v) is 6.40. The number of carbonyl (C=O) groups is 1. The lowest BCUT2D eigenvalue weighted by molar-refractivity contribution is 0.0949. The number of nitrogens with one attached hydrogen (secondary N) is 2. The Balaban J connectivity index is 0.00000220. The molecule has 1 aromatic heterocycles. The van der Waals surface area contributed by atoms with Gasteiger partial charge in [-0.25, -0.2) is 4.39 Å². The molecule has 1 heterocycles. The molecule has 0 bridgehead atoms. The second kappa shape index (κ2) is 7.75. The maximum atomic E-state index is 13.8. The molecule has 0 aliphatic heterocycles. The Morgan fingerprint density at radius 3 is 2.86 bits per heavy atom. The third kappa shape index (κ3) is 4.03. The Morgan fingerprint density at radius 1 is 1.48 bits per heavy atom. The van der Waals surface area contributed by atoms with Crippen molar-refractivity contribution in [2.75, 3.05) is 13.1 Å². The number of H-pyrrole nitrogens is 1. The van der Waals surface area contributed by atoms with Gasteiger partial charge in [0.2, 0.25) is 0 Å². The smallest absolute Gasteiger partial charge is 0.255 e. The first-order chi connectivity index (χ1) is 9.63. The highest BCUT2D eigenvalue weighted by Gasteiger charge is 2.17. The van der Waals surface area contributed by atoms with Crippen LogP contribution in [0.15, 0.2) is 30.5 Å². The van der Waals surface area contributed by atoms with Crippen molar-refractivity contribution in [3.8, 4) is 11.3 Å². The van der Waals surface area contributed by atoms with Crippen molar-refractivity contribution in [1.82, 2.24) is 15.5 Å². The Morgan fingerprint density at radius 2 is 2.19 bits per heavy atom. The zero-order valence-electron chi connectivity index (χ0n) is 11.6. The van der Waals surface area contributed by atoms with Crippen LogP contribution in [0.3, 0.4) is 0 Å². The van der Waals surface area contributed by atoms with Crippen LogP contribution in [0.1, 0.15) is 17.3 Å². The second-order valence-electron chi connectivity index (χ2n) is 4.69. The van der Waals surface area contributed by atoms with E-state index in [2.05, 4.69) is 15.5 Å². The summed E-state index contributed by atoms with van der Waals surface area (Å²) in [7, 11) is 0. The second-order valence-corrected chi connectivity index (χ2v) is 4.69. The molecule has 0 spiro atoms. The van der Waals surface area contributed by atoms with Crippen LogP contribution in [-0.4, -0.2) is 29.2 Å². The van der Waals surface area contributed by atoms with Crippen LogP contribution in [0.4, 0.5) is 4.39 Å². The Bertz CT molecular complexity index is 602. The van der Waals surface area contributed by atoms with Crippen LogP contribution in [-0.2, 0) is 0 Å². The van der Waals surface area contributed by atoms with Gasteiger partial charge in [-0.1, -0.05) is 19.1 Å².